The first-order valence-corrected chi connectivity index (χ1v) is 12.3. The Bertz CT molecular complexity index is 1250. The second-order valence-electron chi connectivity index (χ2n) is 8.12. The van der Waals surface area contributed by atoms with Crippen LogP contribution >= 0.6 is 11.8 Å². The van der Waals surface area contributed by atoms with Gasteiger partial charge in [-0.1, -0.05) is 72.4 Å². The molecule has 1 aliphatic heterocycles. The third-order valence-corrected chi connectivity index (χ3v) is 7.15. The fourth-order valence-electron chi connectivity index (χ4n) is 4.26. The van der Waals surface area contributed by atoms with Gasteiger partial charge in [0.25, 0.3) is 0 Å². The number of ether oxygens (including phenoxy) is 1. The van der Waals surface area contributed by atoms with Crippen molar-refractivity contribution in [3.05, 3.63) is 90.5 Å². The molecular formula is C27H26N4O2S. The van der Waals surface area contributed by atoms with Crippen molar-refractivity contribution in [2.45, 2.75) is 23.2 Å². The Kier molecular flexibility index (Phi) is 6.62. The molecule has 172 valence electrons. The largest absolute Gasteiger partial charge is 0.496 e. The number of hydrogen-bond donors (Lipinski definition) is 0. The predicted molar refractivity (Wildman–Crippen MR) is 134 cm³/mol. The van der Waals surface area contributed by atoms with Crippen LogP contribution in [0.5, 0.6) is 5.75 Å². The van der Waals surface area contributed by atoms with E-state index in [9.17, 15) is 4.79 Å². The van der Waals surface area contributed by atoms with Gasteiger partial charge in [0.15, 0.2) is 11.0 Å². The Morgan fingerprint density at radius 2 is 1.53 bits per heavy atom. The van der Waals surface area contributed by atoms with Gasteiger partial charge in [0, 0.05) is 18.8 Å². The maximum Gasteiger partial charge on any atom is 0.240 e. The van der Waals surface area contributed by atoms with Gasteiger partial charge >= 0.3 is 0 Å². The maximum atomic E-state index is 13.6. The molecule has 1 fully saturated rings. The molecule has 0 spiro atoms. The quantitative estimate of drug-likeness (QED) is 0.339. The van der Waals surface area contributed by atoms with E-state index < -0.39 is 5.25 Å². The second-order valence-corrected chi connectivity index (χ2v) is 9.19. The molecule has 0 N–H and O–H groups in total. The van der Waals surface area contributed by atoms with Gasteiger partial charge in [0.05, 0.1) is 12.7 Å². The summed E-state index contributed by atoms with van der Waals surface area (Å²) in [6, 6.07) is 27.7. The molecular weight excluding hydrogens is 444 g/mol. The lowest BCUT2D eigenvalue weighted by Gasteiger charge is -2.23. The monoisotopic (exact) mass is 470 g/mol. The molecule has 34 heavy (non-hydrogen) atoms. The molecule has 1 aromatic heterocycles. The Balaban J connectivity index is 1.61. The minimum absolute atomic E-state index is 0.121. The number of methoxy groups -OCH3 is 1. The summed E-state index contributed by atoms with van der Waals surface area (Å²) in [6.45, 7) is 1.61. The van der Waals surface area contributed by atoms with Gasteiger partial charge in [-0.15, -0.1) is 10.2 Å². The highest BCUT2D eigenvalue weighted by atomic mass is 32.2. The van der Waals surface area contributed by atoms with Crippen LogP contribution in [0.4, 0.5) is 0 Å². The molecule has 0 unspecified atom stereocenters. The summed E-state index contributed by atoms with van der Waals surface area (Å²) in [5, 5.41) is 9.39. The van der Waals surface area contributed by atoms with E-state index in [1.165, 1.54) is 11.8 Å². The summed E-state index contributed by atoms with van der Waals surface area (Å²) in [5.74, 6) is 1.51. The lowest BCUT2D eigenvalue weighted by atomic mass is 10.1. The molecule has 1 amide bonds. The number of rotatable bonds is 7. The van der Waals surface area contributed by atoms with Crippen molar-refractivity contribution in [1.82, 2.24) is 19.7 Å². The third-order valence-electron chi connectivity index (χ3n) is 5.96. The van der Waals surface area contributed by atoms with Gasteiger partial charge in [-0.2, -0.15) is 0 Å². The van der Waals surface area contributed by atoms with Crippen molar-refractivity contribution in [3.63, 3.8) is 0 Å². The summed E-state index contributed by atoms with van der Waals surface area (Å²) < 4.78 is 7.62. The molecule has 7 heteroatoms. The molecule has 0 bridgehead atoms. The molecule has 0 saturated carbocycles. The van der Waals surface area contributed by atoms with Gasteiger partial charge in [0.1, 0.15) is 11.0 Å². The third kappa shape index (κ3) is 4.43. The van der Waals surface area contributed by atoms with E-state index in [0.29, 0.717) is 11.0 Å². The highest BCUT2D eigenvalue weighted by Gasteiger charge is 2.31. The Labute approximate surface area is 203 Å². The smallest absolute Gasteiger partial charge is 0.240 e. The lowest BCUT2D eigenvalue weighted by Crippen LogP contribution is -2.31. The number of benzene rings is 3. The van der Waals surface area contributed by atoms with Crippen LogP contribution in [0.25, 0.3) is 17.1 Å². The van der Waals surface area contributed by atoms with E-state index in [1.54, 1.807) is 7.11 Å². The Hall–Kier alpha value is -3.58. The van der Waals surface area contributed by atoms with Gasteiger partial charge in [-0.25, -0.2) is 0 Å². The first-order valence-electron chi connectivity index (χ1n) is 11.4. The first-order chi connectivity index (χ1) is 16.8. The number of nitrogens with zero attached hydrogens (tertiary/aromatic N) is 4. The minimum atomic E-state index is -0.406. The van der Waals surface area contributed by atoms with Crippen LogP contribution in [0.2, 0.25) is 0 Å². The van der Waals surface area contributed by atoms with E-state index in [4.69, 9.17) is 4.74 Å². The van der Waals surface area contributed by atoms with Crippen LogP contribution in [0.1, 0.15) is 23.7 Å². The van der Waals surface area contributed by atoms with Crippen molar-refractivity contribution in [1.29, 1.82) is 0 Å². The molecule has 4 aromatic rings. The summed E-state index contributed by atoms with van der Waals surface area (Å²) >= 11 is 1.44. The van der Waals surface area contributed by atoms with Gasteiger partial charge in [-0.3, -0.25) is 9.36 Å². The molecule has 6 nitrogen and oxygen atoms in total. The zero-order valence-corrected chi connectivity index (χ0v) is 19.8. The molecule has 2 heterocycles. The molecule has 3 aromatic carbocycles. The van der Waals surface area contributed by atoms with E-state index in [1.807, 2.05) is 94.4 Å². The van der Waals surface area contributed by atoms with Crippen molar-refractivity contribution in [3.8, 4) is 22.8 Å². The van der Waals surface area contributed by atoms with Crippen LogP contribution in [0.15, 0.2) is 90.1 Å². The summed E-state index contributed by atoms with van der Waals surface area (Å²) in [6.07, 6.45) is 2.10. The number of para-hydroxylation sites is 2. The van der Waals surface area contributed by atoms with Gasteiger partial charge in [0.2, 0.25) is 5.91 Å². The zero-order valence-electron chi connectivity index (χ0n) is 19.0. The number of carbonyl (C=O) groups excluding carboxylic acids is 1. The normalized spacial score (nSPS) is 14.2. The van der Waals surface area contributed by atoms with E-state index >= 15 is 0 Å². The fraction of sp³-hybridized carbons (Fsp3) is 0.222. The van der Waals surface area contributed by atoms with E-state index in [-0.39, 0.29) is 5.91 Å². The number of hydrogen-bond acceptors (Lipinski definition) is 5. The van der Waals surface area contributed by atoms with Crippen molar-refractivity contribution < 1.29 is 9.53 Å². The van der Waals surface area contributed by atoms with Gasteiger partial charge in [-0.05, 0) is 42.7 Å². The highest BCUT2D eigenvalue weighted by molar-refractivity contribution is 8.00. The summed E-state index contributed by atoms with van der Waals surface area (Å²) in [4.78, 5) is 15.6. The molecule has 5 rings (SSSR count). The molecule has 1 aliphatic rings. The Morgan fingerprint density at radius 3 is 2.24 bits per heavy atom. The van der Waals surface area contributed by atoms with Gasteiger partial charge < -0.3 is 9.64 Å². The second kappa shape index (κ2) is 10.1. The molecule has 1 atom stereocenters. The standard InChI is InChI=1S/C27H26N4O2S/c1-33-23-17-9-8-16-22(23)25-28-29-27(31(25)21-14-6-3-7-15-21)34-24(20-12-4-2-5-13-20)26(32)30-18-10-11-19-30/h2-9,12-17,24H,10-11,18-19H2,1H3/t24-/m1/s1. The molecule has 0 radical (unpaired) electrons. The number of likely N-dealkylation sites (tertiary alicyclic amines) is 1. The van der Waals surface area contributed by atoms with Crippen LogP contribution < -0.4 is 4.74 Å². The van der Waals surface area contributed by atoms with Crippen molar-refractivity contribution >= 4 is 17.7 Å². The van der Waals surface area contributed by atoms with E-state index in [0.717, 1.165) is 48.5 Å². The number of carbonyl (C=O) groups is 1. The molecule has 1 saturated heterocycles. The lowest BCUT2D eigenvalue weighted by molar-refractivity contribution is -0.129. The summed E-state index contributed by atoms with van der Waals surface area (Å²) in [5.41, 5.74) is 2.73. The van der Waals surface area contributed by atoms with Crippen molar-refractivity contribution in [2.75, 3.05) is 20.2 Å². The number of aromatic nitrogens is 3. The molecule has 0 aliphatic carbocycles. The minimum Gasteiger partial charge on any atom is -0.496 e. The van der Waals surface area contributed by atoms with Crippen LogP contribution in [-0.2, 0) is 4.79 Å². The fourth-order valence-corrected chi connectivity index (χ4v) is 5.40. The zero-order chi connectivity index (χ0) is 23.3. The average molecular weight is 471 g/mol. The maximum absolute atomic E-state index is 13.6. The van der Waals surface area contributed by atoms with Crippen molar-refractivity contribution in [2.24, 2.45) is 0 Å². The van der Waals surface area contributed by atoms with Crippen LogP contribution in [0, 0.1) is 0 Å². The van der Waals surface area contributed by atoms with Crippen LogP contribution in [-0.4, -0.2) is 45.8 Å². The van der Waals surface area contributed by atoms with Crippen LogP contribution in [0.3, 0.4) is 0 Å². The first kappa shape index (κ1) is 22.2. The topological polar surface area (TPSA) is 60.3 Å². The summed E-state index contributed by atoms with van der Waals surface area (Å²) in [7, 11) is 1.65. The SMILES string of the molecule is COc1ccccc1-c1nnc(S[C@@H](C(=O)N2CCCC2)c2ccccc2)n1-c1ccccc1. The number of amides is 1. The van der Waals surface area contributed by atoms with E-state index in [2.05, 4.69) is 10.2 Å². The Morgan fingerprint density at radius 1 is 0.882 bits per heavy atom. The number of thioether (sulfide) groups is 1. The predicted octanol–water partition coefficient (Wildman–Crippen LogP) is 5.40. The highest BCUT2D eigenvalue weighted by Crippen LogP contribution is 2.40. The average Bonchev–Trinajstić information content (AvgIpc) is 3.58.